The molecule has 0 bridgehead atoms. The van der Waals surface area contributed by atoms with Crippen molar-refractivity contribution in [1.82, 2.24) is 0 Å². The smallest absolute Gasteiger partial charge is 0.335 e. The van der Waals surface area contributed by atoms with Gasteiger partial charge in [-0.05, 0) is 24.6 Å². The predicted octanol–water partition coefficient (Wildman–Crippen LogP) is 1.46. The van der Waals surface area contributed by atoms with Gasteiger partial charge < -0.3 is 10.0 Å². The van der Waals surface area contributed by atoms with Crippen LogP contribution in [-0.2, 0) is 4.79 Å². The summed E-state index contributed by atoms with van der Waals surface area (Å²) in [5, 5.41) is 8.83. The number of carboxylic acids is 1. The summed E-state index contributed by atoms with van der Waals surface area (Å²) in [7, 11) is 1.66. The molecule has 0 saturated carbocycles. The number of amides is 1. The predicted molar refractivity (Wildman–Crippen MR) is 55.2 cm³/mol. The maximum absolute atomic E-state index is 11.6. The molecular formula is C11H11NO3. The van der Waals surface area contributed by atoms with Crippen molar-refractivity contribution in [3.63, 3.8) is 0 Å². The molecule has 1 atom stereocenters. The summed E-state index contributed by atoms with van der Waals surface area (Å²) in [6.45, 7) is 1.82. The summed E-state index contributed by atoms with van der Waals surface area (Å²) in [6, 6.07) is 4.79. The van der Waals surface area contributed by atoms with Crippen LogP contribution in [0.15, 0.2) is 18.2 Å². The lowest BCUT2D eigenvalue weighted by molar-refractivity contribution is -0.118. The molecule has 1 aromatic rings. The lowest BCUT2D eigenvalue weighted by Gasteiger charge is -2.10. The molecule has 1 aliphatic rings. The minimum atomic E-state index is -0.974. The largest absolute Gasteiger partial charge is 0.478 e. The third kappa shape index (κ3) is 1.29. The molecule has 0 aromatic heterocycles. The molecule has 0 radical (unpaired) electrons. The first kappa shape index (κ1) is 9.71. The standard InChI is InChI=1S/C11H11NO3/c1-6-8-4-3-7(11(14)15)5-9(8)12(2)10(6)13/h3-6H,1-2H3,(H,14,15). The number of carbonyl (C=O) groups excluding carboxylic acids is 1. The molecular weight excluding hydrogens is 194 g/mol. The van der Waals surface area contributed by atoms with Crippen LogP contribution in [0.5, 0.6) is 0 Å². The molecule has 1 aliphatic heterocycles. The number of hydrogen-bond donors (Lipinski definition) is 1. The van der Waals surface area contributed by atoms with Crippen LogP contribution in [0.25, 0.3) is 0 Å². The Labute approximate surface area is 87.1 Å². The van der Waals surface area contributed by atoms with Gasteiger partial charge >= 0.3 is 5.97 Å². The third-order valence-corrected chi connectivity index (χ3v) is 2.81. The molecule has 15 heavy (non-hydrogen) atoms. The summed E-state index contributed by atoms with van der Waals surface area (Å²) < 4.78 is 0. The van der Waals surface area contributed by atoms with Gasteiger partial charge in [-0.3, -0.25) is 4.79 Å². The van der Waals surface area contributed by atoms with Crippen molar-refractivity contribution in [2.24, 2.45) is 0 Å². The molecule has 4 nitrogen and oxygen atoms in total. The van der Waals surface area contributed by atoms with Crippen molar-refractivity contribution in [1.29, 1.82) is 0 Å². The van der Waals surface area contributed by atoms with E-state index in [4.69, 9.17) is 5.11 Å². The first-order valence-electron chi connectivity index (χ1n) is 4.67. The number of nitrogens with zero attached hydrogens (tertiary/aromatic N) is 1. The van der Waals surface area contributed by atoms with E-state index in [-0.39, 0.29) is 17.4 Å². The number of aromatic carboxylic acids is 1. The van der Waals surface area contributed by atoms with Crippen molar-refractivity contribution < 1.29 is 14.7 Å². The molecule has 4 heteroatoms. The molecule has 2 rings (SSSR count). The van der Waals surface area contributed by atoms with Crippen molar-refractivity contribution >= 4 is 17.6 Å². The summed E-state index contributed by atoms with van der Waals surface area (Å²) in [6.07, 6.45) is 0. The van der Waals surface area contributed by atoms with Crippen molar-refractivity contribution in [3.8, 4) is 0 Å². The summed E-state index contributed by atoms with van der Waals surface area (Å²) in [4.78, 5) is 23.9. The lowest BCUT2D eigenvalue weighted by Crippen LogP contribution is -2.22. The van der Waals surface area contributed by atoms with Gasteiger partial charge in [-0.1, -0.05) is 6.07 Å². The van der Waals surface area contributed by atoms with Gasteiger partial charge in [0.15, 0.2) is 0 Å². The van der Waals surface area contributed by atoms with Crippen molar-refractivity contribution in [2.45, 2.75) is 12.8 Å². The number of anilines is 1. The SMILES string of the molecule is CC1C(=O)N(C)c2cc(C(=O)O)ccc21. The molecule has 1 N–H and O–H groups in total. The zero-order valence-electron chi connectivity index (χ0n) is 8.52. The van der Waals surface area contributed by atoms with E-state index in [1.807, 2.05) is 6.92 Å². The van der Waals surface area contributed by atoms with Gasteiger partial charge in [0.1, 0.15) is 0 Å². The van der Waals surface area contributed by atoms with Crippen LogP contribution in [0.4, 0.5) is 5.69 Å². The van der Waals surface area contributed by atoms with E-state index < -0.39 is 5.97 Å². The van der Waals surface area contributed by atoms with Crippen molar-refractivity contribution in [3.05, 3.63) is 29.3 Å². The van der Waals surface area contributed by atoms with Gasteiger partial charge in [0.25, 0.3) is 0 Å². The van der Waals surface area contributed by atoms with Crippen molar-refractivity contribution in [2.75, 3.05) is 11.9 Å². The molecule has 1 unspecified atom stereocenters. The van der Waals surface area contributed by atoms with E-state index in [0.717, 1.165) is 5.56 Å². The van der Waals surface area contributed by atoms with Crippen LogP contribution in [-0.4, -0.2) is 24.0 Å². The Bertz CT molecular complexity index is 453. The zero-order valence-corrected chi connectivity index (χ0v) is 8.52. The van der Waals surface area contributed by atoms with Gasteiger partial charge in [0.05, 0.1) is 11.5 Å². The van der Waals surface area contributed by atoms with E-state index in [1.54, 1.807) is 19.2 Å². The van der Waals surface area contributed by atoms with E-state index in [0.29, 0.717) is 5.69 Å². The summed E-state index contributed by atoms with van der Waals surface area (Å²) in [5.74, 6) is -1.14. The average Bonchev–Trinajstić information content (AvgIpc) is 2.44. The quantitative estimate of drug-likeness (QED) is 0.755. The highest BCUT2D eigenvalue weighted by Gasteiger charge is 2.31. The van der Waals surface area contributed by atoms with Crippen LogP contribution >= 0.6 is 0 Å². The molecule has 78 valence electrons. The van der Waals surface area contributed by atoms with Gasteiger partial charge in [0.2, 0.25) is 5.91 Å². The van der Waals surface area contributed by atoms with Gasteiger partial charge in [-0.15, -0.1) is 0 Å². The lowest BCUT2D eigenvalue weighted by atomic mass is 10.0. The number of rotatable bonds is 1. The Kier molecular flexibility index (Phi) is 2.00. The first-order valence-corrected chi connectivity index (χ1v) is 4.67. The van der Waals surface area contributed by atoms with Gasteiger partial charge in [-0.25, -0.2) is 4.79 Å². The molecule has 1 amide bonds. The molecule has 0 aliphatic carbocycles. The Morgan fingerprint density at radius 2 is 2.13 bits per heavy atom. The highest BCUT2D eigenvalue weighted by molar-refractivity contribution is 6.05. The maximum Gasteiger partial charge on any atom is 0.335 e. The third-order valence-electron chi connectivity index (χ3n) is 2.81. The summed E-state index contributed by atoms with van der Waals surface area (Å²) >= 11 is 0. The Morgan fingerprint density at radius 3 is 2.73 bits per heavy atom. The minimum Gasteiger partial charge on any atom is -0.478 e. The number of fused-ring (bicyclic) bond motifs is 1. The average molecular weight is 205 g/mol. The fourth-order valence-corrected chi connectivity index (χ4v) is 1.88. The van der Waals surface area contributed by atoms with Crippen LogP contribution < -0.4 is 4.90 Å². The van der Waals surface area contributed by atoms with E-state index >= 15 is 0 Å². The normalized spacial score (nSPS) is 19.2. The monoisotopic (exact) mass is 205 g/mol. The maximum atomic E-state index is 11.6. The summed E-state index contributed by atoms with van der Waals surface area (Å²) in [5.41, 5.74) is 1.81. The Morgan fingerprint density at radius 1 is 1.47 bits per heavy atom. The fourth-order valence-electron chi connectivity index (χ4n) is 1.88. The number of benzene rings is 1. The molecule has 0 fully saturated rings. The molecule has 1 aromatic carbocycles. The van der Waals surface area contributed by atoms with Crippen LogP contribution in [0.1, 0.15) is 28.8 Å². The number of carbonyl (C=O) groups is 2. The number of likely N-dealkylation sites (N-methyl/N-ethyl adjacent to an activating group) is 1. The second-order valence-corrected chi connectivity index (χ2v) is 3.70. The van der Waals surface area contributed by atoms with Crippen LogP contribution in [0.2, 0.25) is 0 Å². The van der Waals surface area contributed by atoms with E-state index in [1.165, 1.54) is 11.0 Å². The van der Waals surface area contributed by atoms with Crippen LogP contribution in [0, 0.1) is 0 Å². The molecule has 0 spiro atoms. The molecule has 1 heterocycles. The highest BCUT2D eigenvalue weighted by Crippen LogP contribution is 2.36. The fraction of sp³-hybridized carbons (Fsp3) is 0.273. The topological polar surface area (TPSA) is 57.6 Å². The van der Waals surface area contributed by atoms with E-state index in [2.05, 4.69) is 0 Å². The Hall–Kier alpha value is -1.84. The second kappa shape index (κ2) is 3.08. The van der Waals surface area contributed by atoms with E-state index in [9.17, 15) is 9.59 Å². The highest BCUT2D eigenvalue weighted by atomic mass is 16.4. The first-order chi connectivity index (χ1) is 7.02. The molecule has 0 saturated heterocycles. The Balaban J connectivity index is 2.56. The number of hydrogen-bond acceptors (Lipinski definition) is 2. The second-order valence-electron chi connectivity index (χ2n) is 3.70. The van der Waals surface area contributed by atoms with Crippen LogP contribution in [0.3, 0.4) is 0 Å². The zero-order chi connectivity index (χ0) is 11.2. The number of carboxylic acid groups (broad SMARTS) is 1. The van der Waals surface area contributed by atoms with Gasteiger partial charge in [0, 0.05) is 12.7 Å². The van der Waals surface area contributed by atoms with Gasteiger partial charge in [-0.2, -0.15) is 0 Å². The minimum absolute atomic E-state index is 0.00698.